The van der Waals surface area contributed by atoms with Crippen molar-refractivity contribution in [2.75, 3.05) is 19.7 Å². The molecule has 0 fully saturated rings. The van der Waals surface area contributed by atoms with Crippen LogP contribution in [0.5, 0.6) is 5.75 Å². The predicted molar refractivity (Wildman–Crippen MR) is 78.8 cm³/mol. The van der Waals surface area contributed by atoms with Crippen LogP contribution in [0.25, 0.3) is 0 Å². The molecule has 1 aromatic rings. The van der Waals surface area contributed by atoms with Gasteiger partial charge >= 0.3 is 6.03 Å². The molecule has 0 radical (unpaired) electrons. The van der Waals surface area contributed by atoms with E-state index in [1.807, 2.05) is 45.0 Å². The van der Waals surface area contributed by atoms with Crippen LogP contribution in [0.3, 0.4) is 0 Å². The lowest BCUT2D eigenvalue weighted by Crippen LogP contribution is -2.40. The van der Waals surface area contributed by atoms with E-state index in [2.05, 4.69) is 5.32 Å². The van der Waals surface area contributed by atoms with Crippen LogP contribution in [0.1, 0.15) is 26.3 Å². The second kappa shape index (κ2) is 8.43. The van der Waals surface area contributed by atoms with E-state index in [1.165, 1.54) is 0 Å². The Hall–Kier alpha value is -1.75. The molecule has 0 spiro atoms. The number of hydrogen-bond donors (Lipinski definition) is 2. The molecule has 0 aliphatic carbocycles. The van der Waals surface area contributed by atoms with Crippen molar-refractivity contribution in [1.29, 1.82) is 0 Å². The second-order valence-electron chi connectivity index (χ2n) is 4.77. The van der Waals surface area contributed by atoms with Crippen LogP contribution in [0.15, 0.2) is 24.3 Å². The average Bonchev–Trinajstić information content (AvgIpc) is 2.43. The number of aliphatic hydroxyl groups excluding tert-OH is 1. The molecule has 20 heavy (non-hydrogen) atoms. The lowest BCUT2D eigenvalue weighted by Gasteiger charge is -2.20. The van der Waals surface area contributed by atoms with Gasteiger partial charge in [0.1, 0.15) is 5.75 Å². The van der Waals surface area contributed by atoms with E-state index in [4.69, 9.17) is 9.84 Å². The molecule has 0 heterocycles. The first-order valence-electron chi connectivity index (χ1n) is 6.96. The molecule has 0 saturated carbocycles. The van der Waals surface area contributed by atoms with E-state index in [9.17, 15) is 4.79 Å². The first kappa shape index (κ1) is 16.3. The van der Waals surface area contributed by atoms with Gasteiger partial charge in [-0.3, -0.25) is 0 Å². The quantitative estimate of drug-likeness (QED) is 0.803. The van der Waals surface area contributed by atoms with E-state index >= 15 is 0 Å². The molecule has 112 valence electrons. The number of nitrogens with one attached hydrogen (secondary N) is 1. The molecule has 0 aromatic heterocycles. The maximum Gasteiger partial charge on any atom is 0.317 e. The number of carbonyl (C=O) groups is 1. The van der Waals surface area contributed by atoms with Gasteiger partial charge in [0.15, 0.2) is 0 Å². The van der Waals surface area contributed by atoms with Crippen molar-refractivity contribution >= 4 is 6.03 Å². The summed E-state index contributed by atoms with van der Waals surface area (Å²) < 4.78 is 5.56. The minimum absolute atomic E-state index is 0.0253. The average molecular weight is 280 g/mol. The van der Waals surface area contributed by atoms with Crippen molar-refractivity contribution in [3.05, 3.63) is 29.8 Å². The maximum absolute atomic E-state index is 11.8. The smallest absolute Gasteiger partial charge is 0.317 e. The highest BCUT2D eigenvalue weighted by atomic mass is 16.5. The van der Waals surface area contributed by atoms with Gasteiger partial charge in [0.2, 0.25) is 0 Å². The van der Waals surface area contributed by atoms with E-state index in [-0.39, 0.29) is 18.7 Å². The number of benzene rings is 1. The van der Waals surface area contributed by atoms with Crippen molar-refractivity contribution < 1.29 is 14.6 Å². The highest BCUT2D eigenvalue weighted by Gasteiger charge is 2.09. The van der Waals surface area contributed by atoms with E-state index in [0.717, 1.165) is 11.3 Å². The van der Waals surface area contributed by atoms with Crippen LogP contribution in [0, 0.1) is 0 Å². The fourth-order valence-electron chi connectivity index (χ4n) is 1.77. The molecule has 5 nitrogen and oxygen atoms in total. The Balaban J connectivity index is 2.47. The first-order valence-corrected chi connectivity index (χ1v) is 6.96. The molecule has 0 atom stereocenters. The van der Waals surface area contributed by atoms with Gasteiger partial charge in [0, 0.05) is 19.6 Å². The van der Waals surface area contributed by atoms with E-state index in [0.29, 0.717) is 19.6 Å². The van der Waals surface area contributed by atoms with Crippen molar-refractivity contribution in [3.8, 4) is 5.75 Å². The third-order valence-electron chi connectivity index (χ3n) is 2.78. The van der Waals surface area contributed by atoms with Gasteiger partial charge in [0.05, 0.1) is 12.7 Å². The van der Waals surface area contributed by atoms with Crippen LogP contribution in [0.4, 0.5) is 4.79 Å². The van der Waals surface area contributed by atoms with Gasteiger partial charge in [-0.05, 0) is 38.5 Å². The fraction of sp³-hybridized carbons (Fsp3) is 0.533. The molecule has 2 amide bonds. The number of likely N-dealkylation sites (N-methyl/N-ethyl adjacent to an activating group) is 1. The van der Waals surface area contributed by atoms with Gasteiger partial charge in [-0.15, -0.1) is 0 Å². The monoisotopic (exact) mass is 280 g/mol. The largest absolute Gasteiger partial charge is 0.491 e. The van der Waals surface area contributed by atoms with Gasteiger partial charge in [-0.1, -0.05) is 12.1 Å². The number of urea groups is 1. The number of nitrogens with zero attached hydrogens (tertiary/aromatic N) is 1. The van der Waals surface area contributed by atoms with Crippen LogP contribution in [-0.2, 0) is 6.54 Å². The second-order valence-corrected chi connectivity index (χ2v) is 4.77. The van der Waals surface area contributed by atoms with Crippen LogP contribution in [-0.4, -0.2) is 41.8 Å². The van der Waals surface area contributed by atoms with Crippen molar-refractivity contribution in [2.45, 2.75) is 33.4 Å². The maximum atomic E-state index is 11.8. The Kier molecular flexibility index (Phi) is 6.87. The zero-order valence-electron chi connectivity index (χ0n) is 12.4. The summed E-state index contributed by atoms with van der Waals surface area (Å²) in [6, 6.07) is 7.49. The Morgan fingerprint density at radius 2 is 2.00 bits per heavy atom. The van der Waals surface area contributed by atoms with Crippen LogP contribution >= 0.6 is 0 Å². The number of carbonyl (C=O) groups excluding carboxylic acids is 1. The van der Waals surface area contributed by atoms with E-state index in [1.54, 1.807) is 4.90 Å². The molecule has 0 aliphatic rings. The SMILES string of the molecule is CCN(CCO)C(=O)NCc1ccc(OC(C)C)cc1. The van der Waals surface area contributed by atoms with Gasteiger partial charge in [-0.25, -0.2) is 4.79 Å². The number of ether oxygens (including phenoxy) is 1. The van der Waals surface area contributed by atoms with Crippen LogP contribution < -0.4 is 10.1 Å². The third kappa shape index (κ3) is 5.48. The lowest BCUT2D eigenvalue weighted by atomic mass is 10.2. The van der Waals surface area contributed by atoms with Gasteiger partial charge < -0.3 is 20.1 Å². The first-order chi connectivity index (χ1) is 9.56. The minimum atomic E-state index is -0.163. The molecule has 5 heteroatoms. The summed E-state index contributed by atoms with van der Waals surface area (Å²) in [4.78, 5) is 13.4. The topological polar surface area (TPSA) is 61.8 Å². The summed E-state index contributed by atoms with van der Waals surface area (Å²) in [7, 11) is 0. The van der Waals surface area contributed by atoms with Gasteiger partial charge in [-0.2, -0.15) is 0 Å². The molecule has 2 N–H and O–H groups in total. The number of hydrogen-bond acceptors (Lipinski definition) is 3. The molecule has 1 rings (SSSR count). The molecular weight excluding hydrogens is 256 g/mol. The number of amides is 2. The molecule has 0 saturated heterocycles. The summed E-state index contributed by atoms with van der Waals surface area (Å²) in [6.45, 7) is 7.21. The zero-order chi connectivity index (χ0) is 15.0. The zero-order valence-corrected chi connectivity index (χ0v) is 12.4. The van der Waals surface area contributed by atoms with Crippen molar-refractivity contribution in [2.24, 2.45) is 0 Å². The fourth-order valence-corrected chi connectivity index (χ4v) is 1.77. The Bertz CT molecular complexity index is 404. The summed E-state index contributed by atoms with van der Waals surface area (Å²) in [5.74, 6) is 0.825. The molecular formula is C15H24N2O3. The predicted octanol–water partition coefficient (Wildman–Crippen LogP) is 2.00. The molecule has 0 bridgehead atoms. The molecule has 0 unspecified atom stereocenters. The number of aliphatic hydroxyl groups is 1. The van der Waals surface area contributed by atoms with Crippen molar-refractivity contribution in [3.63, 3.8) is 0 Å². The summed E-state index contributed by atoms with van der Waals surface area (Å²) in [6.07, 6.45) is 0.150. The third-order valence-corrected chi connectivity index (χ3v) is 2.78. The summed E-state index contributed by atoms with van der Waals surface area (Å²) in [5, 5.41) is 11.7. The minimum Gasteiger partial charge on any atom is -0.491 e. The Morgan fingerprint density at radius 1 is 1.35 bits per heavy atom. The number of rotatable bonds is 7. The highest BCUT2D eigenvalue weighted by Crippen LogP contribution is 2.13. The highest BCUT2D eigenvalue weighted by molar-refractivity contribution is 5.74. The lowest BCUT2D eigenvalue weighted by molar-refractivity contribution is 0.180. The Morgan fingerprint density at radius 3 is 2.50 bits per heavy atom. The van der Waals surface area contributed by atoms with E-state index < -0.39 is 0 Å². The molecule has 1 aromatic carbocycles. The van der Waals surface area contributed by atoms with Crippen LogP contribution in [0.2, 0.25) is 0 Å². The summed E-state index contributed by atoms with van der Waals surface area (Å²) >= 11 is 0. The molecule has 0 aliphatic heterocycles. The van der Waals surface area contributed by atoms with Gasteiger partial charge in [0.25, 0.3) is 0 Å². The standard InChI is InChI=1S/C15H24N2O3/c1-4-17(9-10-18)15(19)16-11-13-5-7-14(8-6-13)20-12(2)3/h5-8,12,18H,4,9-11H2,1-3H3,(H,16,19). The normalized spacial score (nSPS) is 10.4. The Labute approximate surface area is 120 Å². The van der Waals surface area contributed by atoms with Crippen molar-refractivity contribution in [1.82, 2.24) is 10.2 Å². The summed E-state index contributed by atoms with van der Waals surface area (Å²) in [5.41, 5.74) is 1.01.